The van der Waals surface area contributed by atoms with E-state index in [1.807, 2.05) is 13.8 Å². The van der Waals surface area contributed by atoms with Crippen LogP contribution < -0.4 is 59.2 Å². The van der Waals surface area contributed by atoms with Crippen molar-refractivity contribution in [2.45, 2.75) is 141 Å². The molecule has 8 atom stereocenters. The summed E-state index contributed by atoms with van der Waals surface area (Å²) in [4.78, 5) is 157. The number of nitrogens with two attached hydrogens (primary N) is 3. The number of rotatable bonds is 18. The smallest absolute Gasteiger partial charge is 0.300 e. The number of methoxy groups -OCH3 is 1. The Labute approximate surface area is 428 Å². The number of nitrogens with zero attached hydrogens (tertiary/aromatic N) is 1. The molecule has 0 aliphatic carbocycles. The van der Waals surface area contributed by atoms with E-state index in [2.05, 4.69) is 37.2 Å². The van der Waals surface area contributed by atoms with Crippen LogP contribution in [0, 0.1) is 11.8 Å². The second-order valence-electron chi connectivity index (χ2n) is 18.2. The summed E-state index contributed by atoms with van der Waals surface area (Å²) in [6.45, 7) is 7.83. The first-order valence-electron chi connectivity index (χ1n) is 24.0. The lowest BCUT2D eigenvalue weighted by Gasteiger charge is -2.31. The summed E-state index contributed by atoms with van der Waals surface area (Å²) in [7, 11) is 1.50. The first kappa shape index (κ1) is 62.1. The van der Waals surface area contributed by atoms with Crippen molar-refractivity contribution >= 4 is 82.7 Å². The van der Waals surface area contributed by atoms with Crippen LogP contribution in [0.1, 0.15) is 98.0 Å². The van der Waals surface area contributed by atoms with Crippen molar-refractivity contribution in [3.8, 4) is 5.75 Å². The molecule has 1 aromatic rings. The fourth-order valence-electron chi connectivity index (χ4n) is 7.68. The largest absolute Gasteiger partial charge is 0.497 e. The average Bonchev–Trinajstić information content (AvgIpc) is 3.82. The third-order valence-electron chi connectivity index (χ3n) is 11.6. The number of ether oxygens (including phenoxy) is 1. The first-order valence-corrected chi connectivity index (χ1v) is 25.2. The van der Waals surface area contributed by atoms with Crippen molar-refractivity contribution in [1.82, 2.24) is 42.1 Å². The molecule has 14 N–H and O–H groups in total. The maximum Gasteiger partial charge on any atom is 0.300 e. The van der Waals surface area contributed by atoms with E-state index in [-0.39, 0.29) is 62.5 Å². The number of carbonyl (C=O) groups excluding carboxylic acids is 11. The standard InChI is InChI=1S/C45H69N11O12S.C2H4O2/c1-6-25(4)38-44(66)51-28(15-16-34(46)57)40(62)52-31(21-35(47)58)41(63)54-32(23-69-18-8-10-37(60)50-30(42(64)55-38)20-26-11-13-27(68-5)14-12-26)45(67)56-17-7-9-33(56)43(65)53-29(19-24(2)3)39(61)49-22-36(48)59;1-2(3)4/h11-14,24-25,28-33,38H,6-10,15-23H2,1-5H3,(H2,46,57)(H2,47,58)(H2,48,59)(H,49,61)(H,50,60)(H,51,66)(H,52,62)(H,53,65)(H,54,63)(H,55,64);1H3,(H,3,4)/t25-,28?,29-,30-,31-,32-,33-,38-;/m0./s1. The fourth-order valence-corrected chi connectivity index (χ4v) is 8.66. The second-order valence-corrected chi connectivity index (χ2v) is 19.3. The number of hydrogen-bond acceptors (Lipinski definition) is 14. The van der Waals surface area contributed by atoms with Gasteiger partial charge in [-0.05, 0) is 67.4 Å². The van der Waals surface area contributed by atoms with Crippen molar-refractivity contribution in [1.29, 1.82) is 0 Å². The first-order chi connectivity index (χ1) is 34.4. The number of carbonyl (C=O) groups is 12. The van der Waals surface area contributed by atoms with Crippen LogP contribution in [0.25, 0.3) is 0 Å². The molecule has 0 radical (unpaired) electrons. The quantitative estimate of drug-likeness (QED) is 0.0730. The summed E-state index contributed by atoms with van der Waals surface area (Å²) >= 11 is 1.18. The number of thioether (sulfide) groups is 1. The summed E-state index contributed by atoms with van der Waals surface area (Å²) in [6.07, 6.45) is -0.176. The molecular weight excluding hydrogens is 975 g/mol. The molecule has 0 spiro atoms. The minimum Gasteiger partial charge on any atom is -0.497 e. The molecule has 25 nitrogen and oxygen atoms in total. The SMILES string of the molecule is CC(=O)O.CC[C@H](C)[C@@H]1NC(=O)[C@H](Cc2ccc(OC)cc2)NC(=O)CCCSC[C@@H](C(=O)N2CCC[C@H]2C(=O)N[C@@H](CC(C)C)C(=O)NCC(N)=O)NC(=O)[C@H](CC(N)=O)NC(=O)C(CCC(N)=O)NC1=O. The van der Waals surface area contributed by atoms with E-state index in [0.29, 0.717) is 24.2 Å². The molecule has 406 valence electrons. The Morgan fingerprint density at radius 1 is 0.822 bits per heavy atom. The molecule has 2 fully saturated rings. The number of likely N-dealkylation sites (tertiary alicyclic amines) is 1. The zero-order chi connectivity index (χ0) is 54.9. The van der Waals surface area contributed by atoms with Crippen molar-refractivity contribution in [2.75, 3.05) is 31.7 Å². The monoisotopic (exact) mass is 1050 g/mol. The predicted molar refractivity (Wildman–Crippen MR) is 266 cm³/mol. The number of amides is 11. The number of hydrogen-bond donors (Lipinski definition) is 11. The molecule has 1 aromatic carbocycles. The Hall–Kier alpha value is -6.99. The van der Waals surface area contributed by atoms with Gasteiger partial charge in [-0.15, -0.1) is 0 Å². The molecule has 0 saturated carbocycles. The minimum absolute atomic E-state index is 0.0237. The van der Waals surface area contributed by atoms with Crippen molar-refractivity contribution in [3.63, 3.8) is 0 Å². The molecular formula is C47H73N11O14S. The molecule has 11 amide bonds. The fraction of sp³-hybridized carbons (Fsp3) is 0.617. The van der Waals surface area contributed by atoms with Gasteiger partial charge < -0.3 is 69.2 Å². The van der Waals surface area contributed by atoms with Crippen LogP contribution in [0.15, 0.2) is 24.3 Å². The zero-order valence-electron chi connectivity index (χ0n) is 42.2. The van der Waals surface area contributed by atoms with Crippen LogP contribution in [0.5, 0.6) is 5.75 Å². The van der Waals surface area contributed by atoms with Gasteiger partial charge >= 0.3 is 0 Å². The van der Waals surface area contributed by atoms with Gasteiger partial charge in [0.2, 0.25) is 65.0 Å². The summed E-state index contributed by atoms with van der Waals surface area (Å²) in [5.41, 5.74) is 16.8. The number of carboxylic acids is 1. The topological polar surface area (TPSA) is 400 Å². The number of carboxylic acid groups (broad SMARTS) is 1. The number of primary amides is 3. The van der Waals surface area contributed by atoms with Gasteiger partial charge in [0.05, 0.1) is 20.1 Å². The van der Waals surface area contributed by atoms with E-state index in [0.717, 1.165) is 6.92 Å². The van der Waals surface area contributed by atoms with Crippen molar-refractivity contribution in [3.05, 3.63) is 29.8 Å². The Morgan fingerprint density at radius 3 is 2.01 bits per heavy atom. The molecule has 2 saturated heterocycles. The van der Waals surface area contributed by atoms with Gasteiger partial charge in [0.15, 0.2) is 0 Å². The van der Waals surface area contributed by atoms with E-state index in [1.54, 1.807) is 38.1 Å². The number of aliphatic carboxylic acids is 1. The molecule has 0 bridgehead atoms. The van der Waals surface area contributed by atoms with Gasteiger partial charge in [0.1, 0.15) is 48.0 Å². The Morgan fingerprint density at radius 2 is 1.44 bits per heavy atom. The highest BCUT2D eigenvalue weighted by Crippen LogP contribution is 2.22. The van der Waals surface area contributed by atoms with Gasteiger partial charge in [-0.25, -0.2) is 0 Å². The van der Waals surface area contributed by atoms with E-state index < -0.39 is 139 Å². The molecule has 73 heavy (non-hydrogen) atoms. The van der Waals surface area contributed by atoms with Gasteiger partial charge in [0, 0.05) is 38.5 Å². The maximum atomic E-state index is 14.5. The Bertz CT molecular complexity index is 2120. The third-order valence-corrected chi connectivity index (χ3v) is 12.7. The predicted octanol–water partition coefficient (Wildman–Crippen LogP) is -2.41. The van der Waals surface area contributed by atoms with Crippen LogP contribution in [-0.4, -0.2) is 155 Å². The van der Waals surface area contributed by atoms with Crippen LogP contribution in [-0.2, 0) is 64.0 Å². The zero-order valence-corrected chi connectivity index (χ0v) is 43.1. The van der Waals surface area contributed by atoms with Crippen LogP contribution in [0.3, 0.4) is 0 Å². The minimum atomic E-state index is -1.71. The van der Waals surface area contributed by atoms with Crippen LogP contribution >= 0.6 is 11.8 Å². The summed E-state index contributed by atoms with van der Waals surface area (Å²) in [5, 5.41) is 25.6. The molecule has 2 aliphatic rings. The maximum absolute atomic E-state index is 14.5. The molecule has 2 aliphatic heterocycles. The molecule has 26 heteroatoms. The highest BCUT2D eigenvalue weighted by molar-refractivity contribution is 7.99. The molecule has 3 rings (SSSR count). The lowest BCUT2D eigenvalue weighted by molar-refractivity contribution is -0.142. The lowest BCUT2D eigenvalue weighted by atomic mass is 9.96. The molecule has 1 unspecified atom stereocenters. The van der Waals surface area contributed by atoms with Gasteiger partial charge in [0.25, 0.3) is 5.97 Å². The van der Waals surface area contributed by atoms with E-state index in [1.165, 1.54) is 23.8 Å². The lowest BCUT2D eigenvalue weighted by Crippen LogP contribution is -2.61. The van der Waals surface area contributed by atoms with E-state index >= 15 is 0 Å². The van der Waals surface area contributed by atoms with Gasteiger partial charge in [-0.1, -0.05) is 46.2 Å². The second kappa shape index (κ2) is 31.5. The number of nitrogens with one attached hydrogen (secondary N) is 7. The summed E-state index contributed by atoms with van der Waals surface area (Å²) in [5.74, 6) is -9.43. The van der Waals surface area contributed by atoms with Gasteiger partial charge in [-0.2, -0.15) is 11.8 Å². The Balaban J connectivity index is 0.00000439. The van der Waals surface area contributed by atoms with Crippen LogP contribution in [0.2, 0.25) is 0 Å². The molecule has 2 heterocycles. The van der Waals surface area contributed by atoms with Crippen molar-refractivity contribution < 1.29 is 67.4 Å². The summed E-state index contributed by atoms with van der Waals surface area (Å²) < 4.78 is 5.25. The highest BCUT2D eigenvalue weighted by atomic mass is 32.2. The van der Waals surface area contributed by atoms with E-state index in [4.69, 9.17) is 31.8 Å². The highest BCUT2D eigenvalue weighted by Gasteiger charge is 2.40. The Kier molecular flexibility index (Phi) is 26.8. The normalized spacial score (nSPS) is 22.2. The third kappa shape index (κ3) is 22.5. The molecule has 0 aromatic heterocycles. The van der Waals surface area contributed by atoms with Gasteiger partial charge in [-0.3, -0.25) is 57.5 Å². The summed E-state index contributed by atoms with van der Waals surface area (Å²) in [6, 6.07) is -2.40. The average molecular weight is 1050 g/mol. The number of benzene rings is 1. The van der Waals surface area contributed by atoms with Crippen molar-refractivity contribution in [2.24, 2.45) is 29.0 Å². The van der Waals surface area contributed by atoms with E-state index in [9.17, 15) is 52.7 Å². The van der Waals surface area contributed by atoms with Crippen LogP contribution in [0.4, 0.5) is 0 Å².